The average molecular weight is 346 g/mol. The van der Waals surface area contributed by atoms with E-state index in [1.807, 2.05) is 32.0 Å². The number of benzene rings is 2. The van der Waals surface area contributed by atoms with Crippen molar-refractivity contribution in [2.24, 2.45) is 5.73 Å². The van der Waals surface area contributed by atoms with Gasteiger partial charge in [-0.1, -0.05) is 50.2 Å². The lowest BCUT2D eigenvalue weighted by Crippen LogP contribution is -2.39. The highest BCUT2D eigenvalue weighted by atomic mass is 32.2. The number of nitrogens with two attached hydrogens (primary N) is 1. The maximum atomic E-state index is 13.1. The second-order valence-corrected chi connectivity index (χ2v) is 7.29. The molecule has 24 heavy (non-hydrogen) atoms. The number of carbonyl (C=O) groups excluding carboxylic acids is 1. The summed E-state index contributed by atoms with van der Waals surface area (Å²) in [4.78, 5) is 11.7. The highest BCUT2D eigenvalue weighted by Gasteiger charge is 2.29. The summed E-state index contributed by atoms with van der Waals surface area (Å²) >= 11 is 0. The van der Waals surface area contributed by atoms with Gasteiger partial charge in [0.1, 0.15) is 6.54 Å². The molecule has 2 aromatic carbocycles. The third-order valence-corrected chi connectivity index (χ3v) is 5.60. The smallest absolute Gasteiger partial charge is 0.264 e. The topological polar surface area (TPSA) is 80.5 Å². The van der Waals surface area contributed by atoms with Crippen LogP contribution in [0.1, 0.15) is 25.0 Å². The lowest BCUT2D eigenvalue weighted by molar-refractivity contribution is -0.116. The predicted octanol–water partition coefficient (Wildman–Crippen LogP) is 2.49. The van der Waals surface area contributed by atoms with Gasteiger partial charge in [-0.05, 0) is 36.1 Å². The maximum absolute atomic E-state index is 13.1. The fraction of sp³-hybridized carbons (Fsp3) is 0.278. The molecule has 128 valence electrons. The van der Waals surface area contributed by atoms with Crippen molar-refractivity contribution >= 4 is 21.6 Å². The molecule has 0 spiro atoms. The van der Waals surface area contributed by atoms with E-state index in [4.69, 9.17) is 5.73 Å². The number of nitrogens with zero attached hydrogens (tertiary/aromatic N) is 1. The first-order valence-corrected chi connectivity index (χ1v) is 9.32. The van der Waals surface area contributed by atoms with Crippen LogP contribution in [-0.4, -0.2) is 20.9 Å². The number of para-hydroxylation sites is 1. The first kappa shape index (κ1) is 18.0. The van der Waals surface area contributed by atoms with Gasteiger partial charge in [-0.15, -0.1) is 0 Å². The minimum atomic E-state index is -3.88. The van der Waals surface area contributed by atoms with E-state index in [0.717, 1.165) is 15.4 Å². The van der Waals surface area contributed by atoms with E-state index in [1.54, 1.807) is 18.2 Å². The fourth-order valence-electron chi connectivity index (χ4n) is 2.68. The number of sulfonamides is 1. The summed E-state index contributed by atoms with van der Waals surface area (Å²) in [7, 11) is -3.88. The molecule has 0 fully saturated rings. The van der Waals surface area contributed by atoms with E-state index < -0.39 is 15.9 Å². The number of primary amides is 1. The number of hydrogen-bond acceptors (Lipinski definition) is 3. The molecule has 0 radical (unpaired) electrons. The highest BCUT2D eigenvalue weighted by Crippen LogP contribution is 2.31. The molecule has 2 aromatic rings. The number of anilines is 1. The van der Waals surface area contributed by atoms with Crippen LogP contribution in [0.2, 0.25) is 0 Å². The van der Waals surface area contributed by atoms with Crippen molar-refractivity contribution in [3.8, 4) is 0 Å². The quantitative estimate of drug-likeness (QED) is 0.836. The minimum absolute atomic E-state index is 0.138. The van der Waals surface area contributed by atoms with Crippen molar-refractivity contribution in [3.05, 3.63) is 59.7 Å². The Bertz CT molecular complexity index is 795. The monoisotopic (exact) mass is 346 g/mol. The van der Waals surface area contributed by atoms with Crippen molar-refractivity contribution in [1.82, 2.24) is 0 Å². The third kappa shape index (κ3) is 3.59. The molecule has 2 N–H and O–H groups in total. The molecule has 5 nitrogen and oxygen atoms in total. The molecule has 0 aliphatic carbocycles. The molecule has 0 saturated carbocycles. The fourth-order valence-corrected chi connectivity index (χ4v) is 4.21. The van der Waals surface area contributed by atoms with Gasteiger partial charge in [0.2, 0.25) is 5.91 Å². The maximum Gasteiger partial charge on any atom is 0.264 e. The normalized spacial score (nSPS) is 11.2. The first-order chi connectivity index (χ1) is 11.4. The van der Waals surface area contributed by atoms with Crippen molar-refractivity contribution in [2.45, 2.75) is 31.6 Å². The molecular weight excluding hydrogens is 324 g/mol. The van der Waals surface area contributed by atoms with Crippen LogP contribution in [0.25, 0.3) is 0 Å². The molecule has 2 rings (SSSR count). The van der Waals surface area contributed by atoms with Gasteiger partial charge in [0.25, 0.3) is 10.0 Å². The molecule has 0 aromatic heterocycles. The Morgan fingerprint density at radius 2 is 1.50 bits per heavy atom. The van der Waals surface area contributed by atoms with E-state index in [1.165, 1.54) is 12.1 Å². The number of aryl methyl sites for hydroxylation is 2. The number of rotatable bonds is 7. The largest absolute Gasteiger partial charge is 0.368 e. The van der Waals surface area contributed by atoms with Gasteiger partial charge < -0.3 is 5.73 Å². The van der Waals surface area contributed by atoms with Crippen molar-refractivity contribution in [1.29, 1.82) is 0 Å². The summed E-state index contributed by atoms with van der Waals surface area (Å²) in [6.45, 7) is 3.52. The van der Waals surface area contributed by atoms with Gasteiger partial charge >= 0.3 is 0 Å². The van der Waals surface area contributed by atoms with Gasteiger partial charge in [-0.3, -0.25) is 9.10 Å². The second-order valence-electron chi connectivity index (χ2n) is 5.42. The first-order valence-electron chi connectivity index (χ1n) is 7.88. The van der Waals surface area contributed by atoms with Gasteiger partial charge in [-0.2, -0.15) is 0 Å². The van der Waals surface area contributed by atoms with Crippen molar-refractivity contribution in [3.63, 3.8) is 0 Å². The Hall–Kier alpha value is -2.34. The summed E-state index contributed by atoms with van der Waals surface area (Å²) in [6, 6.07) is 13.7. The Labute approximate surface area is 143 Å². The molecule has 0 aliphatic heterocycles. The lowest BCUT2D eigenvalue weighted by atomic mass is 10.0. The summed E-state index contributed by atoms with van der Waals surface area (Å²) < 4.78 is 27.4. The van der Waals surface area contributed by atoms with Crippen LogP contribution in [0.15, 0.2) is 53.4 Å². The van der Waals surface area contributed by atoms with Crippen LogP contribution in [0, 0.1) is 0 Å². The Kier molecular flexibility index (Phi) is 5.62. The molecule has 0 unspecified atom stereocenters. The van der Waals surface area contributed by atoms with Gasteiger partial charge in [0.05, 0.1) is 10.6 Å². The molecular formula is C18H22N2O3S. The summed E-state index contributed by atoms with van der Waals surface area (Å²) in [5.41, 5.74) is 7.64. The van der Waals surface area contributed by atoms with Gasteiger partial charge in [-0.25, -0.2) is 8.42 Å². The third-order valence-electron chi connectivity index (χ3n) is 3.84. The summed E-state index contributed by atoms with van der Waals surface area (Å²) in [6.07, 6.45) is 1.31. The Morgan fingerprint density at radius 3 is 1.96 bits per heavy atom. The Balaban J connectivity index is 2.70. The van der Waals surface area contributed by atoms with E-state index in [9.17, 15) is 13.2 Å². The van der Waals surface area contributed by atoms with Gasteiger partial charge in [0, 0.05) is 0 Å². The average Bonchev–Trinajstić information content (AvgIpc) is 2.59. The predicted molar refractivity (Wildman–Crippen MR) is 95.4 cm³/mol. The van der Waals surface area contributed by atoms with Crippen LogP contribution in [0.5, 0.6) is 0 Å². The minimum Gasteiger partial charge on any atom is -0.368 e. The highest BCUT2D eigenvalue weighted by molar-refractivity contribution is 7.92. The van der Waals surface area contributed by atoms with Crippen LogP contribution in [0.3, 0.4) is 0 Å². The zero-order valence-electron chi connectivity index (χ0n) is 13.9. The molecule has 6 heteroatoms. The van der Waals surface area contributed by atoms with Gasteiger partial charge in [0.15, 0.2) is 0 Å². The molecule has 0 saturated heterocycles. The molecule has 0 atom stereocenters. The van der Waals surface area contributed by atoms with E-state index in [0.29, 0.717) is 18.5 Å². The number of carbonyl (C=O) groups is 1. The zero-order chi connectivity index (χ0) is 17.7. The van der Waals surface area contributed by atoms with Crippen LogP contribution in [0.4, 0.5) is 5.69 Å². The SMILES string of the molecule is CCc1cccc(CC)c1N(CC(N)=O)S(=O)(=O)c1ccccc1. The lowest BCUT2D eigenvalue weighted by Gasteiger charge is -2.27. The summed E-state index contributed by atoms with van der Waals surface area (Å²) in [5, 5.41) is 0. The van der Waals surface area contributed by atoms with E-state index in [2.05, 4.69) is 0 Å². The van der Waals surface area contributed by atoms with Crippen molar-refractivity contribution < 1.29 is 13.2 Å². The second kappa shape index (κ2) is 7.49. The van der Waals surface area contributed by atoms with Crippen LogP contribution >= 0.6 is 0 Å². The number of hydrogen-bond donors (Lipinski definition) is 1. The zero-order valence-corrected chi connectivity index (χ0v) is 14.7. The van der Waals surface area contributed by atoms with Crippen molar-refractivity contribution in [2.75, 3.05) is 10.8 Å². The standard InChI is InChI=1S/C18H22N2O3S/c1-3-14-9-8-10-15(4-2)18(14)20(13-17(19)21)24(22,23)16-11-6-5-7-12-16/h5-12H,3-4,13H2,1-2H3,(H2,19,21). The Morgan fingerprint density at radius 1 is 0.958 bits per heavy atom. The van der Waals surface area contributed by atoms with E-state index in [-0.39, 0.29) is 11.4 Å². The number of amides is 1. The van der Waals surface area contributed by atoms with Crippen LogP contribution < -0.4 is 10.0 Å². The molecule has 1 amide bonds. The summed E-state index contributed by atoms with van der Waals surface area (Å²) in [5.74, 6) is -0.692. The van der Waals surface area contributed by atoms with Crippen LogP contribution in [-0.2, 0) is 27.7 Å². The molecule has 0 heterocycles. The van der Waals surface area contributed by atoms with E-state index >= 15 is 0 Å². The molecule has 0 aliphatic rings. The molecule has 0 bridgehead atoms.